The summed E-state index contributed by atoms with van der Waals surface area (Å²) >= 11 is 5.72. The third-order valence-corrected chi connectivity index (χ3v) is 4.32. The molecule has 28 heavy (non-hydrogen) atoms. The van der Waals surface area contributed by atoms with E-state index in [2.05, 4.69) is 10.3 Å². The molecule has 0 saturated heterocycles. The molecule has 5 nitrogen and oxygen atoms in total. The number of carbonyl (C=O) groups is 2. The number of nitrogens with zero attached hydrogens (tertiary/aromatic N) is 2. The maximum Gasteiger partial charge on any atom is 0.272 e. The van der Waals surface area contributed by atoms with Gasteiger partial charge in [-0.05, 0) is 35.9 Å². The van der Waals surface area contributed by atoms with E-state index in [0.29, 0.717) is 12.2 Å². The standard InChI is InChI=1S/C21H17ClFN3O2/c1-26(13-14-5-3-2-4-6-14)21(28)19-11-15(9-10-24-19)20(27)25-16-7-8-18(23)17(22)12-16/h2-12H,13H2,1H3,(H,25,27). The van der Waals surface area contributed by atoms with Gasteiger partial charge in [0.05, 0.1) is 5.02 Å². The van der Waals surface area contributed by atoms with Crippen LogP contribution in [0.15, 0.2) is 66.9 Å². The number of hydrogen-bond acceptors (Lipinski definition) is 3. The molecule has 142 valence electrons. The first-order chi connectivity index (χ1) is 13.4. The van der Waals surface area contributed by atoms with Crippen molar-refractivity contribution < 1.29 is 14.0 Å². The minimum absolute atomic E-state index is 0.0917. The molecular formula is C21H17ClFN3O2. The molecule has 0 aliphatic heterocycles. The Bertz CT molecular complexity index is 1010. The van der Waals surface area contributed by atoms with Crippen LogP contribution in [0.1, 0.15) is 26.4 Å². The summed E-state index contributed by atoms with van der Waals surface area (Å²) in [7, 11) is 1.67. The fourth-order valence-corrected chi connectivity index (χ4v) is 2.77. The summed E-state index contributed by atoms with van der Waals surface area (Å²) in [4.78, 5) is 30.7. The average molecular weight is 398 g/mol. The number of amides is 2. The average Bonchev–Trinajstić information content (AvgIpc) is 2.71. The summed E-state index contributed by atoms with van der Waals surface area (Å²) in [6.07, 6.45) is 1.40. The summed E-state index contributed by atoms with van der Waals surface area (Å²) < 4.78 is 13.2. The van der Waals surface area contributed by atoms with Crippen LogP contribution in [-0.4, -0.2) is 28.7 Å². The molecule has 0 spiro atoms. The van der Waals surface area contributed by atoms with E-state index in [1.165, 1.54) is 35.4 Å². The van der Waals surface area contributed by atoms with Crippen LogP contribution in [0.25, 0.3) is 0 Å². The van der Waals surface area contributed by atoms with Crippen LogP contribution < -0.4 is 5.32 Å². The predicted octanol–water partition coefficient (Wildman–Crippen LogP) is 4.40. The van der Waals surface area contributed by atoms with Gasteiger partial charge in [-0.2, -0.15) is 0 Å². The zero-order chi connectivity index (χ0) is 20.1. The van der Waals surface area contributed by atoms with Crippen LogP contribution in [0.5, 0.6) is 0 Å². The number of halogens is 2. The van der Waals surface area contributed by atoms with Gasteiger partial charge in [0.2, 0.25) is 0 Å². The Kier molecular flexibility index (Phi) is 6.01. The Morgan fingerprint density at radius 1 is 1.11 bits per heavy atom. The van der Waals surface area contributed by atoms with Crippen molar-refractivity contribution in [1.82, 2.24) is 9.88 Å². The number of pyridine rings is 1. The molecule has 0 unspecified atom stereocenters. The van der Waals surface area contributed by atoms with E-state index in [1.54, 1.807) is 7.05 Å². The van der Waals surface area contributed by atoms with Gasteiger partial charge in [-0.1, -0.05) is 41.9 Å². The highest BCUT2D eigenvalue weighted by molar-refractivity contribution is 6.31. The monoisotopic (exact) mass is 397 g/mol. The van der Waals surface area contributed by atoms with Crippen LogP contribution in [0.4, 0.5) is 10.1 Å². The van der Waals surface area contributed by atoms with Gasteiger partial charge in [-0.3, -0.25) is 14.6 Å². The molecule has 0 aliphatic carbocycles. The summed E-state index contributed by atoms with van der Waals surface area (Å²) in [5.74, 6) is -1.33. The first-order valence-electron chi connectivity index (χ1n) is 8.46. The molecule has 0 saturated carbocycles. The Hall–Kier alpha value is -3.25. The van der Waals surface area contributed by atoms with Crippen molar-refractivity contribution in [2.24, 2.45) is 0 Å². The lowest BCUT2D eigenvalue weighted by molar-refractivity contribution is 0.0779. The van der Waals surface area contributed by atoms with Crippen LogP contribution in [0.3, 0.4) is 0 Å². The molecule has 0 aliphatic rings. The summed E-state index contributed by atoms with van der Waals surface area (Å²) in [5.41, 5.74) is 1.75. The third kappa shape index (κ3) is 4.72. The quantitative estimate of drug-likeness (QED) is 0.694. The molecule has 7 heteroatoms. The summed E-state index contributed by atoms with van der Waals surface area (Å²) in [6.45, 7) is 0.422. The van der Waals surface area contributed by atoms with Gasteiger partial charge in [0.15, 0.2) is 0 Å². The van der Waals surface area contributed by atoms with Gasteiger partial charge in [0.1, 0.15) is 11.5 Å². The second-order valence-corrected chi connectivity index (χ2v) is 6.57. The molecule has 0 fully saturated rings. The van der Waals surface area contributed by atoms with Gasteiger partial charge in [0, 0.05) is 31.0 Å². The van der Waals surface area contributed by atoms with Crippen LogP contribution in [-0.2, 0) is 6.54 Å². The smallest absolute Gasteiger partial charge is 0.272 e. The molecule has 0 bridgehead atoms. The highest BCUT2D eigenvalue weighted by Gasteiger charge is 2.16. The van der Waals surface area contributed by atoms with E-state index in [0.717, 1.165) is 11.6 Å². The second-order valence-electron chi connectivity index (χ2n) is 6.16. The minimum Gasteiger partial charge on any atom is -0.336 e. The fourth-order valence-electron chi connectivity index (χ4n) is 2.59. The topological polar surface area (TPSA) is 62.3 Å². The van der Waals surface area contributed by atoms with Gasteiger partial charge in [0.25, 0.3) is 11.8 Å². The number of anilines is 1. The van der Waals surface area contributed by atoms with E-state index in [-0.39, 0.29) is 22.2 Å². The van der Waals surface area contributed by atoms with Crippen molar-refractivity contribution in [3.05, 3.63) is 94.5 Å². The van der Waals surface area contributed by atoms with E-state index >= 15 is 0 Å². The molecule has 0 atom stereocenters. The molecule has 1 heterocycles. The van der Waals surface area contributed by atoms with Crippen LogP contribution in [0.2, 0.25) is 5.02 Å². The first-order valence-corrected chi connectivity index (χ1v) is 8.83. The Balaban J connectivity index is 1.72. The molecular weight excluding hydrogens is 381 g/mol. The molecule has 1 N–H and O–H groups in total. The van der Waals surface area contributed by atoms with Crippen molar-refractivity contribution in [1.29, 1.82) is 0 Å². The first kappa shape index (κ1) is 19.5. The van der Waals surface area contributed by atoms with Gasteiger partial charge in [-0.15, -0.1) is 0 Å². The maximum atomic E-state index is 13.2. The molecule has 1 aromatic heterocycles. The number of carbonyl (C=O) groups excluding carboxylic acids is 2. The molecule has 3 aromatic rings. The SMILES string of the molecule is CN(Cc1ccccc1)C(=O)c1cc(C(=O)Nc2ccc(F)c(Cl)c2)ccn1. The Labute approximate surface area is 166 Å². The van der Waals surface area contributed by atoms with E-state index in [9.17, 15) is 14.0 Å². The van der Waals surface area contributed by atoms with Crippen molar-refractivity contribution in [3.63, 3.8) is 0 Å². The fraction of sp³-hybridized carbons (Fsp3) is 0.0952. The van der Waals surface area contributed by atoms with Crippen molar-refractivity contribution in [2.75, 3.05) is 12.4 Å². The highest BCUT2D eigenvalue weighted by atomic mass is 35.5. The third-order valence-electron chi connectivity index (χ3n) is 4.03. The largest absolute Gasteiger partial charge is 0.336 e. The maximum absolute atomic E-state index is 13.2. The van der Waals surface area contributed by atoms with Crippen molar-refractivity contribution in [2.45, 2.75) is 6.54 Å². The van der Waals surface area contributed by atoms with Crippen molar-refractivity contribution in [3.8, 4) is 0 Å². The van der Waals surface area contributed by atoms with Crippen molar-refractivity contribution >= 4 is 29.1 Å². The molecule has 2 amide bonds. The van der Waals surface area contributed by atoms with E-state index < -0.39 is 11.7 Å². The normalized spacial score (nSPS) is 10.4. The van der Waals surface area contributed by atoms with Crippen LogP contribution in [0, 0.1) is 5.82 Å². The number of aromatic nitrogens is 1. The van der Waals surface area contributed by atoms with E-state index in [1.807, 2.05) is 30.3 Å². The van der Waals surface area contributed by atoms with Gasteiger partial charge < -0.3 is 10.2 Å². The molecule has 2 aromatic carbocycles. The summed E-state index contributed by atoms with van der Waals surface area (Å²) in [6, 6.07) is 16.4. The van der Waals surface area contributed by atoms with E-state index in [4.69, 9.17) is 11.6 Å². The highest BCUT2D eigenvalue weighted by Crippen LogP contribution is 2.20. The lowest BCUT2D eigenvalue weighted by Gasteiger charge is -2.17. The lowest BCUT2D eigenvalue weighted by atomic mass is 10.1. The van der Waals surface area contributed by atoms with Crippen LogP contribution >= 0.6 is 11.6 Å². The zero-order valence-corrected chi connectivity index (χ0v) is 15.8. The molecule has 0 radical (unpaired) electrons. The Morgan fingerprint density at radius 2 is 1.86 bits per heavy atom. The second kappa shape index (κ2) is 8.63. The number of benzene rings is 2. The molecule has 3 rings (SSSR count). The zero-order valence-electron chi connectivity index (χ0n) is 15.0. The predicted molar refractivity (Wildman–Crippen MR) is 106 cm³/mol. The van der Waals surface area contributed by atoms with Gasteiger partial charge in [-0.25, -0.2) is 4.39 Å². The number of rotatable bonds is 5. The van der Waals surface area contributed by atoms with Gasteiger partial charge >= 0.3 is 0 Å². The number of nitrogens with one attached hydrogen (secondary N) is 1. The lowest BCUT2D eigenvalue weighted by Crippen LogP contribution is -2.27. The number of hydrogen-bond donors (Lipinski definition) is 1. The summed E-state index contributed by atoms with van der Waals surface area (Å²) in [5, 5.41) is 2.53. The minimum atomic E-state index is -0.571. The Morgan fingerprint density at radius 3 is 2.57 bits per heavy atom.